The lowest BCUT2D eigenvalue weighted by Crippen LogP contribution is -2.43. The van der Waals surface area contributed by atoms with Gasteiger partial charge < -0.3 is 9.47 Å². The Morgan fingerprint density at radius 3 is 2.77 bits per heavy atom. The number of nitrogens with one attached hydrogen (secondary N) is 2. The first-order chi connectivity index (χ1) is 6.27. The smallest absolute Gasteiger partial charge is 0.169 e. The Balaban J connectivity index is 2.20. The van der Waals surface area contributed by atoms with Crippen LogP contribution in [0.1, 0.15) is 6.42 Å². The van der Waals surface area contributed by atoms with E-state index in [0.717, 1.165) is 13.0 Å². The molecule has 1 aliphatic heterocycles. The molecule has 1 rings (SSSR count). The van der Waals surface area contributed by atoms with E-state index in [2.05, 4.69) is 17.2 Å². The number of methoxy groups -OCH3 is 2. The zero-order valence-corrected chi connectivity index (χ0v) is 8.30. The third kappa shape index (κ3) is 3.08. The topological polar surface area (TPSA) is 42.5 Å². The van der Waals surface area contributed by atoms with E-state index in [-0.39, 0.29) is 12.5 Å². The molecule has 0 amide bonds. The third-order valence-electron chi connectivity index (χ3n) is 2.22. The predicted molar refractivity (Wildman–Crippen MR) is 51.4 cm³/mol. The van der Waals surface area contributed by atoms with Crippen molar-refractivity contribution >= 4 is 0 Å². The third-order valence-corrected chi connectivity index (χ3v) is 2.22. The minimum absolute atomic E-state index is 0.185. The average Bonchev–Trinajstić information content (AvgIpc) is 2.54. The molecule has 1 atom stereocenters. The number of ether oxygens (including phenoxy) is 2. The normalized spacial score (nSPS) is 23.0. The van der Waals surface area contributed by atoms with Crippen LogP contribution in [-0.2, 0) is 9.47 Å². The highest BCUT2D eigenvalue weighted by Crippen LogP contribution is 2.08. The van der Waals surface area contributed by atoms with Gasteiger partial charge in [0.05, 0.1) is 6.17 Å². The highest BCUT2D eigenvalue weighted by Gasteiger charge is 2.18. The van der Waals surface area contributed by atoms with Crippen molar-refractivity contribution in [2.45, 2.75) is 18.9 Å². The van der Waals surface area contributed by atoms with Crippen LogP contribution >= 0.6 is 0 Å². The first-order valence-electron chi connectivity index (χ1n) is 4.48. The van der Waals surface area contributed by atoms with Crippen molar-refractivity contribution in [3.63, 3.8) is 0 Å². The van der Waals surface area contributed by atoms with Crippen LogP contribution in [-0.4, -0.2) is 39.8 Å². The summed E-state index contributed by atoms with van der Waals surface area (Å²) in [7, 11) is 3.26. The molecule has 1 unspecified atom stereocenters. The van der Waals surface area contributed by atoms with Crippen molar-refractivity contribution < 1.29 is 9.47 Å². The Morgan fingerprint density at radius 2 is 2.31 bits per heavy atom. The maximum atomic E-state index is 5.05. The maximum absolute atomic E-state index is 5.05. The lowest BCUT2D eigenvalue weighted by Gasteiger charge is -2.18. The Labute approximate surface area is 79.3 Å². The molecule has 1 heterocycles. The molecule has 76 valence electrons. The Hall–Kier alpha value is -0.420. The van der Waals surface area contributed by atoms with E-state index >= 15 is 0 Å². The first kappa shape index (κ1) is 10.7. The Morgan fingerprint density at radius 1 is 1.62 bits per heavy atom. The fourth-order valence-corrected chi connectivity index (χ4v) is 1.36. The summed E-state index contributed by atoms with van der Waals surface area (Å²) in [5, 5.41) is 6.56. The Bertz CT molecular complexity index is 169. The van der Waals surface area contributed by atoms with Gasteiger partial charge in [-0.25, -0.2) is 0 Å². The molecule has 0 aromatic heterocycles. The second-order valence-electron chi connectivity index (χ2n) is 3.10. The Kier molecular flexibility index (Phi) is 4.38. The summed E-state index contributed by atoms with van der Waals surface area (Å²) >= 11 is 0. The van der Waals surface area contributed by atoms with Crippen molar-refractivity contribution in [2.75, 3.05) is 27.3 Å². The standard InChI is InChI=1S/C9H18N2O2/c1-7-4-5-10-9(7)11-6-8(12-2)13-3/h8-11H,1,4-6H2,2-3H3. The molecule has 13 heavy (non-hydrogen) atoms. The molecule has 4 nitrogen and oxygen atoms in total. The van der Waals surface area contributed by atoms with Crippen LogP contribution in [0.4, 0.5) is 0 Å². The summed E-state index contributed by atoms with van der Waals surface area (Å²) in [4.78, 5) is 0. The van der Waals surface area contributed by atoms with Crippen molar-refractivity contribution in [3.05, 3.63) is 12.2 Å². The van der Waals surface area contributed by atoms with E-state index in [0.29, 0.717) is 6.54 Å². The fraction of sp³-hybridized carbons (Fsp3) is 0.778. The van der Waals surface area contributed by atoms with Crippen molar-refractivity contribution in [2.24, 2.45) is 0 Å². The minimum Gasteiger partial charge on any atom is -0.355 e. The molecule has 1 aliphatic rings. The molecular formula is C9H18N2O2. The molecule has 0 aromatic rings. The van der Waals surface area contributed by atoms with Gasteiger partial charge in [-0.05, 0) is 12.0 Å². The summed E-state index contributed by atoms with van der Waals surface area (Å²) < 4.78 is 10.1. The van der Waals surface area contributed by atoms with Gasteiger partial charge in [-0.15, -0.1) is 0 Å². The van der Waals surface area contributed by atoms with Crippen molar-refractivity contribution in [1.29, 1.82) is 0 Å². The van der Waals surface area contributed by atoms with E-state index in [1.165, 1.54) is 5.57 Å². The molecule has 2 N–H and O–H groups in total. The zero-order chi connectivity index (χ0) is 9.68. The van der Waals surface area contributed by atoms with Gasteiger partial charge in [0.25, 0.3) is 0 Å². The SMILES string of the molecule is C=C1CCNC1NCC(OC)OC. The number of hydrogen-bond donors (Lipinski definition) is 2. The minimum atomic E-state index is -0.185. The van der Waals surface area contributed by atoms with Gasteiger partial charge in [-0.1, -0.05) is 6.58 Å². The predicted octanol–water partition coefficient (Wildman–Crippen LogP) is 0.0705. The molecule has 0 aliphatic carbocycles. The van der Waals surface area contributed by atoms with E-state index in [1.807, 2.05) is 0 Å². The van der Waals surface area contributed by atoms with Gasteiger partial charge in [-0.3, -0.25) is 10.6 Å². The molecular weight excluding hydrogens is 168 g/mol. The van der Waals surface area contributed by atoms with Crippen molar-refractivity contribution in [3.8, 4) is 0 Å². The molecule has 0 radical (unpaired) electrons. The lowest BCUT2D eigenvalue weighted by molar-refractivity contribution is -0.0996. The van der Waals surface area contributed by atoms with Crippen LogP contribution in [0.15, 0.2) is 12.2 Å². The summed E-state index contributed by atoms with van der Waals surface area (Å²) in [6.45, 7) is 5.63. The maximum Gasteiger partial charge on any atom is 0.169 e. The largest absolute Gasteiger partial charge is 0.355 e. The van der Waals surface area contributed by atoms with Gasteiger partial charge in [0.2, 0.25) is 0 Å². The van der Waals surface area contributed by atoms with Crippen molar-refractivity contribution in [1.82, 2.24) is 10.6 Å². The summed E-state index contributed by atoms with van der Waals surface area (Å²) in [5.74, 6) is 0. The first-order valence-corrected chi connectivity index (χ1v) is 4.48. The molecule has 0 saturated carbocycles. The second-order valence-corrected chi connectivity index (χ2v) is 3.10. The van der Waals surface area contributed by atoms with Crippen LogP contribution in [0.5, 0.6) is 0 Å². The van der Waals surface area contributed by atoms with Crippen LogP contribution in [0.3, 0.4) is 0 Å². The van der Waals surface area contributed by atoms with E-state index in [4.69, 9.17) is 9.47 Å². The fourth-order valence-electron chi connectivity index (χ4n) is 1.36. The second kappa shape index (κ2) is 5.34. The van der Waals surface area contributed by atoms with E-state index < -0.39 is 0 Å². The molecule has 1 fully saturated rings. The highest BCUT2D eigenvalue weighted by molar-refractivity contribution is 5.09. The van der Waals surface area contributed by atoms with Gasteiger partial charge in [-0.2, -0.15) is 0 Å². The van der Waals surface area contributed by atoms with Crippen LogP contribution in [0, 0.1) is 0 Å². The number of hydrogen-bond acceptors (Lipinski definition) is 4. The van der Waals surface area contributed by atoms with Gasteiger partial charge >= 0.3 is 0 Å². The summed E-state index contributed by atoms with van der Waals surface area (Å²) in [6, 6.07) is 0. The highest BCUT2D eigenvalue weighted by atomic mass is 16.7. The van der Waals surface area contributed by atoms with Crippen LogP contribution < -0.4 is 10.6 Å². The average molecular weight is 186 g/mol. The molecule has 0 aromatic carbocycles. The van der Waals surface area contributed by atoms with Gasteiger partial charge in [0.1, 0.15) is 0 Å². The van der Waals surface area contributed by atoms with Gasteiger partial charge in [0.15, 0.2) is 6.29 Å². The number of rotatable bonds is 5. The van der Waals surface area contributed by atoms with E-state index in [9.17, 15) is 0 Å². The quantitative estimate of drug-likeness (QED) is 0.471. The van der Waals surface area contributed by atoms with Gasteiger partial charge in [0, 0.05) is 27.3 Å². The molecule has 1 saturated heterocycles. The lowest BCUT2D eigenvalue weighted by atomic mass is 10.2. The monoisotopic (exact) mass is 186 g/mol. The zero-order valence-electron chi connectivity index (χ0n) is 8.30. The summed E-state index contributed by atoms with van der Waals surface area (Å²) in [6.07, 6.45) is 1.07. The molecule has 0 bridgehead atoms. The van der Waals surface area contributed by atoms with E-state index in [1.54, 1.807) is 14.2 Å². The van der Waals surface area contributed by atoms with Crippen LogP contribution in [0.2, 0.25) is 0 Å². The molecule has 0 spiro atoms. The van der Waals surface area contributed by atoms with Crippen LogP contribution in [0.25, 0.3) is 0 Å². The molecule has 4 heteroatoms. The summed E-state index contributed by atoms with van der Waals surface area (Å²) in [5.41, 5.74) is 1.20.